The van der Waals surface area contributed by atoms with E-state index >= 15 is 0 Å². The van der Waals surface area contributed by atoms with Crippen LogP contribution < -0.4 is 10.2 Å². The van der Waals surface area contributed by atoms with E-state index in [1.807, 2.05) is 36.4 Å². The van der Waals surface area contributed by atoms with Gasteiger partial charge in [-0.25, -0.2) is 9.97 Å². The second kappa shape index (κ2) is 12.4. The second-order valence-corrected chi connectivity index (χ2v) is 8.83. The van der Waals surface area contributed by atoms with Gasteiger partial charge in [0.2, 0.25) is 0 Å². The van der Waals surface area contributed by atoms with Crippen LogP contribution in [0.4, 0.5) is 5.82 Å². The molecular formula is C30H34N4O3. The number of carbonyl (C=O) groups excluding carboxylic acids is 1. The third-order valence-corrected chi connectivity index (χ3v) is 6.46. The summed E-state index contributed by atoms with van der Waals surface area (Å²) in [5.74, 6) is 0.822. The summed E-state index contributed by atoms with van der Waals surface area (Å²) in [5.41, 5.74) is 6.67. The number of rotatable bonds is 11. The molecule has 0 atom stereocenters. The van der Waals surface area contributed by atoms with Gasteiger partial charge in [-0.05, 0) is 72.0 Å². The third kappa shape index (κ3) is 6.13. The number of carbonyl (C=O) groups is 1. The fraction of sp³-hybridized carbons (Fsp3) is 0.300. The van der Waals surface area contributed by atoms with E-state index in [1.54, 1.807) is 20.5 Å². The van der Waals surface area contributed by atoms with Crippen molar-refractivity contribution in [3.63, 3.8) is 0 Å². The summed E-state index contributed by atoms with van der Waals surface area (Å²) in [5, 5.41) is 4.08. The van der Waals surface area contributed by atoms with Crippen molar-refractivity contribution in [1.82, 2.24) is 15.3 Å². The second-order valence-electron chi connectivity index (χ2n) is 8.83. The van der Waals surface area contributed by atoms with Crippen molar-refractivity contribution in [2.75, 3.05) is 32.2 Å². The summed E-state index contributed by atoms with van der Waals surface area (Å²) >= 11 is 0. The SMILES string of the molecule is CCN(CC)c1ncnc2ccc(-c3cccc(CNC(=O)c4ccc(COC)c(COC)c4)c3)cc12. The summed E-state index contributed by atoms with van der Waals surface area (Å²) < 4.78 is 10.6. The summed E-state index contributed by atoms with van der Waals surface area (Å²) in [4.78, 5) is 24.2. The molecule has 0 aliphatic heterocycles. The van der Waals surface area contributed by atoms with E-state index in [2.05, 4.69) is 58.3 Å². The molecule has 1 heterocycles. The fourth-order valence-electron chi connectivity index (χ4n) is 4.50. The van der Waals surface area contributed by atoms with Crippen LogP contribution >= 0.6 is 0 Å². The molecule has 0 saturated carbocycles. The first-order chi connectivity index (χ1) is 18.1. The van der Waals surface area contributed by atoms with Gasteiger partial charge in [0.25, 0.3) is 5.91 Å². The molecule has 3 aromatic carbocycles. The van der Waals surface area contributed by atoms with Crippen LogP contribution in [0.3, 0.4) is 0 Å². The Morgan fingerprint density at radius 3 is 2.38 bits per heavy atom. The normalized spacial score (nSPS) is 11.0. The number of fused-ring (bicyclic) bond motifs is 1. The van der Waals surface area contributed by atoms with Crippen LogP contribution in [0.1, 0.15) is 40.9 Å². The number of hydrogen-bond acceptors (Lipinski definition) is 6. The average Bonchev–Trinajstić information content (AvgIpc) is 2.93. The first-order valence-electron chi connectivity index (χ1n) is 12.5. The van der Waals surface area contributed by atoms with Crippen LogP contribution in [0.5, 0.6) is 0 Å². The molecule has 7 nitrogen and oxygen atoms in total. The van der Waals surface area contributed by atoms with Gasteiger partial charge < -0.3 is 19.7 Å². The van der Waals surface area contributed by atoms with E-state index in [-0.39, 0.29) is 5.91 Å². The summed E-state index contributed by atoms with van der Waals surface area (Å²) in [7, 11) is 3.30. The van der Waals surface area contributed by atoms with Gasteiger partial charge in [-0.1, -0.05) is 30.3 Å². The minimum Gasteiger partial charge on any atom is -0.380 e. The highest BCUT2D eigenvalue weighted by molar-refractivity contribution is 5.94. The third-order valence-electron chi connectivity index (χ3n) is 6.46. The predicted octanol–water partition coefficient (Wildman–Crippen LogP) is 5.37. The van der Waals surface area contributed by atoms with Crippen LogP contribution in [-0.2, 0) is 29.2 Å². The lowest BCUT2D eigenvalue weighted by molar-refractivity contribution is 0.0950. The lowest BCUT2D eigenvalue weighted by Crippen LogP contribution is -2.23. The van der Waals surface area contributed by atoms with Gasteiger partial charge in [0.1, 0.15) is 12.1 Å². The fourth-order valence-corrected chi connectivity index (χ4v) is 4.50. The van der Waals surface area contributed by atoms with Crippen LogP contribution in [0.2, 0.25) is 0 Å². The molecule has 0 spiro atoms. The molecule has 4 aromatic rings. The van der Waals surface area contributed by atoms with Gasteiger partial charge in [0.15, 0.2) is 0 Å². The molecule has 0 fully saturated rings. The molecular weight excluding hydrogens is 464 g/mol. The maximum absolute atomic E-state index is 12.9. The molecule has 1 amide bonds. The molecule has 1 N–H and O–H groups in total. The topological polar surface area (TPSA) is 76.6 Å². The van der Waals surface area contributed by atoms with E-state index in [9.17, 15) is 4.79 Å². The van der Waals surface area contributed by atoms with Gasteiger partial charge in [0.05, 0.1) is 18.7 Å². The number of benzene rings is 3. The van der Waals surface area contributed by atoms with Gasteiger partial charge in [0, 0.05) is 44.8 Å². The highest BCUT2D eigenvalue weighted by atomic mass is 16.5. The molecule has 7 heteroatoms. The number of ether oxygens (including phenoxy) is 2. The van der Waals surface area contributed by atoms with Crippen molar-refractivity contribution < 1.29 is 14.3 Å². The van der Waals surface area contributed by atoms with Crippen molar-refractivity contribution in [3.8, 4) is 11.1 Å². The first-order valence-corrected chi connectivity index (χ1v) is 12.5. The van der Waals surface area contributed by atoms with Crippen LogP contribution in [-0.4, -0.2) is 43.2 Å². The highest BCUT2D eigenvalue weighted by Crippen LogP contribution is 2.29. The number of amides is 1. The molecule has 0 radical (unpaired) electrons. The molecule has 4 rings (SSSR count). The summed E-state index contributed by atoms with van der Waals surface area (Å²) in [6.07, 6.45) is 1.63. The summed E-state index contributed by atoms with van der Waals surface area (Å²) in [6, 6.07) is 20.1. The maximum Gasteiger partial charge on any atom is 0.251 e. The Kier molecular flexibility index (Phi) is 8.82. The lowest BCUT2D eigenvalue weighted by atomic mass is 10.0. The molecule has 37 heavy (non-hydrogen) atoms. The average molecular weight is 499 g/mol. The summed E-state index contributed by atoms with van der Waals surface area (Å²) in [6.45, 7) is 7.35. The first kappa shape index (κ1) is 26.3. The van der Waals surface area contributed by atoms with Crippen molar-refractivity contribution in [2.45, 2.75) is 33.6 Å². The molecule has 0 aliphatic carbocycles. The zero-order chi connectivity index (χ0) is 26.2. The Labute approximate surface area is 218 Å². The van der Waals surface area contributed by atoms with Crippen molar-refractivity contribution >= 4 is 22.6 Å². The van der Waals surface area contributed by atoms with Crippen LogP contribution in [0.25, 0.3) is 22.0 Å². The van der Waals surface area contributed by atoms with Crippen molar-refractivity contribution in [3.05, 3.63) is 89.2 Å². The van der Waals surface area contributed by atoms with Crippen LogP contribution in [0, 0.1) is 0 Å². The van der Waals surface area contributed by atoms with E-state index in [0.29, 0.717) is 25.3 Å². The minimum absolute atomic E-state index is 0.126. The Hall–Kier alpha value is -3.81. The van der Waals surface area contributed by atoms with E-state index in [4.69, 9.17) is 9.47 Å². The van der Waals surface area contributed by atoms with Crippen molar-refractivity contribution in [1.29, 1.82) is 0 Å². The number of nitrogens with one attached hydrogen (secondary N) is 1. The maximum atomic E-state index is 12.9. The van der Waals surface area contributed by atoms with Gasteiger partial charge >= 0.3 is 0 Å². The zero-order valence-corrected chi connectivity index (χ0v) is 22.0. The molecule has 0 bridgehead atoms. The standard InChI is InChI=1S/C30H34N4O3/c1-5-34(6-2)29-27-16-23(12-13-28(27)32-20-33-29)22-9-7-8-21(14-22)17-31-30(35)24-10-11-25(18-36-3)26(15-24)19-37-4/h7-16,20H,5-6,17-19H2,1-4H3,(H,31,35). The quantitative estimate of drug-likeness (QED) is 0.300. The Bertz CT molecular complexity index is 1370. The smallest absolute Gasteiger partial charge is 0.251 e. The number of anilines is 1. The molecule has 0 saturated heterocycles. The van der Waals surface area contributed by atoms with Gasteiger partial charge in [-0.2, -0.15) is 0 Å². The van der Waals surface area contributed by atoms with Gasteiger partial charge in [-0.3, -0.25) is 4.79 Å². The van der Waals surface area contributed by atoms with E-state index < -0.39 is 0 Å². The van der Waals surface area contributed by atoms with Gasteiger partial charge in [-0.15, -0.1) is 0 Å². The Morgan fingerprint density at radius 1 is 0.865 bits per heavy atom. The van der Waals surface area contributed by atoms with Crippen LogP contribution in [0.15, 0.2) is 67.0 Å². The zero-order valence-electron chi connectivity index (χ0n) is 22.0. The minimum atomic E-state index is -0.126. The van der Waals surface area contributed by atoms with Crippen molar-refractivity contribution in [2.24, 2.45) is 0 Å². The molecule has 0 aliphatic rings. The Balaban J connectivity index is 1.53. The highest BCUT2D eigenvalue weighted by Gasteiger charge is 2.12. The monoisotopic (exact) mass is 498 g/mol. The number of nitrogens with zero attached hydrogens (tertiary/aromatic N) is 3. The molecule has 0 unspecified atom stereocenters. The predicted molar refractivity (Wildman–Crippen MR) is 148 cm³/mol. The molecule has 192 valence electrons. The number of hydrogen-bond donors (Lipinski definition) is 1. The number of methoxy groups -OCH3 is 2. The van der Waals surface area contributed by atoms with E-state index in [1.165, 1.54) is 0 Å². The Morgan fingerprint density at radius 2 is 1.62 bits per heavy atom. The van der Waals surface area contributed by atoms with E-state index in [0.717, 1.165) is 57.6 Å². The lowest BCUT2D eigenvalue weighted by Gasteiger charge is -2.21. The molecule has 1 aromatic heterocycles. The largest absolute Gasteiger partial charge is 0.380 e. The number of aromatic nitrogens is 2.